The summed E-state index contributed by atoms with van der Waals surface area (Å²) < 4.78 is 18.2. The highest BCUT2D eigenvalue weighted by Gasteiger charge is 2.07. The molecule has 1 N–H and O–H groups in total. The Morgan fingerprint density at radius 1 is 1.56 bits per heavy atom. The van der Waals surface area contributed by atoms with Gasteiger partial charge < -0.3 is 9.84 Å². The molecule has 0 atom stereocenters. The van der Waals surface area contributed by atoms with Gasteiger partial charge in [-0.15, -0.1) is 0 Å². The first-order chi connectivity index (χ1) is 7.58. The Balaban J connectivity index is 3.18. The molecule has 0 spiro atoms. The fourth-order valence-corrected chi connectivity index (χ4v) is 1.39. The normalized spacial score (nSPS) is 10.7. The fourth-order valence-electron chi connectivity index (χ4n) is 1.39. The highest BCUT2D eigenvalue weighted by molar-refractivity contribution is 5.85. The molecule has 0 fully saturated rings. The predicted octanol–water partition coefficient (Wildman–Crippen LogP) is 2.49. The summed E-state index contributed by atoms with van der Waals surface area (Å²) in [4.78, 5) is 10.4. The molecule has 0 amide bonds. The van der Waals surface area contributed by atoms with Crippen molar-refractivity contribution in [1.29, 1.82) is 0 Å². The zero-order valence-corrected chi connectivity index (χ0v) is 9.16. The lowest BCUT2D eigenvalue weighted by molar-refractivity contribution is -0.131. The van der Waals surface area contributed by atoms with Gasteiger partial charge in [-0.1, -0.05) is 6.92 Å². The molecule has 0 aliphatic carbocycles. The highest BCUT2D eigenvalue weighted by Crippen LogP contribution is 2.23. The summed E-state index contributed by atoms with van der Waals surface area (Å²) in [6.07, 6.45) is 3.04. The van der Waals surface area contributed by atoms with Crippen molar-refractivity contribution < 1.29 is 19.0 Å². The van der Waals surface area contributed by atoms with E-state index in [1.807, 2.05) is 6.92 Å². The van der Waals surface area contributed by atoms with Crippen LogP contribution in [-0.4, -0.2) is 18.2 Å². The van der Waals surface area contributed by atoms with Gasteiger partial charge in [0, 0.05) is 6.08 Å². The van der Waals surface area contributed by atoms with Crippen LogP contribution in [0.4, 0.5) is 4.39 Å². The summed E-state index contributed by atoms with van der Waals surface area (Å²) in [7, 11) is 1.39. The van der Waals surface area contributed by atoms with E-state index < -0.39 is 11.8 Å². The van der Waals surface area contributed by atoms with Crippen molar-refractivity contribution in [2.75, 3.05) is 7.11 Å². The number of hydrogen-bond acceptors (Lipinski definition) is 2. The molecule has 0 heterocycles. The lowest BCUT2D eigenvalue weighted by atomic mass is 10.0. The van der Waals surface area contributed by atoms with E-state index in [4.69, 9.17) is 9.84 Å². The van der Waals surface area contributed by atoms with Crippen LogP contribution < -0.4 is 4.74 Å². The fraction of sp³-hybridized carbons (Fsp3) is 0.250. The maximum absolute atomic E-state index is 13.4. The molecule has 1 rings (SSSR count). The Kier molecular flexibility index (Phi) is 4.05. The molecule has 16 heavy (non-hydrogen) atoms. The van der Waals surface area contributed by atoms with Crippen LogP contribution in [0.3, 0.4) is 0 Å². The van der Waals surface area contributed by atoms with Crippen LogP contribution in [0.15, 0.2) is 18.2 Å². The quantitative estimate of drug-likeness (QED) is 0.799. The molecule has 0 radical (unpaired) electrons. The van der Waals surface area contributed by atoms with Gasteiger partial charge in [0.05, 0.1) is 7.11 Å². The van der Waals surface area contributed by atoms with E-state index in [2.05, 4.69) is 0 Å². The van der Waals surface area contributed by atoms with Crippen molar-refractivity contribution >= 4 is 12.0 Å². The Labute approximate surface area is 93.2 Å². The van der Waals surface area contributed by atoms with Crippen molar-refractivity contribution in [2.45, 2.75) is 13.3 Å². The predicted molar refractivity (Wildman–Crippen MR) is 59.0 cm³/mol. The number of halogens is 1. The van der Waals surface area contributed by atoms with E-state index >= 15 is 0 Å². The molecule has 4 heteroatoms. The van der Waals surface area contributed by atoms with Gasteiger partial charge in [-0.2, -0.15) is 0 Å². The molecule has 1 aromatic rings. The van der Waals surface area contributed by atoms with Crippen LogP contribution in [0.2, 0.25) is 0 Å². The lowest BCUT2D eigenvalue weighted by Gasteiger charge is -2.07. The van der Waals surface area contributed by atoms with Gasteiger partial charge in [0.2, 0.25) is 0 Å². The minimum absolute atomic E-state index is 0.171. The molecule has 0 aliphatic heterocycles. The number of hydrogen-bond donors (Lipinski definition) is 1. The van der Waals surface area contributed by atoms with Crippen LogP contribution in [-0.2, 0) is 11.2 Å². The molecule has 0 aromatic heterocycles. The van der Waals surface area contributed by atoms with Crippen molar-refractivity contribution in [3.8, 4) is 5.75 Å². The van der Waals surface area contributed by atoms with Crippen LogP contribution in [0, 0.1) is 5.82 Å². The van der Waals surface area contributed by atoms with Crippen LogP contribution in [0.1, 0.15) is 18.1 Å². The standard InChI is InChI=1S/C12H13FO3/c1-3-8-7-11(16-2)10(13)6-9(8)4-5-12(14)15/h4-7H,3H2,1-2H3,(H,14,15)/b5-4+. The number of carbonyl (C=O) groups is 1. The van der Waals surface area contributed by atoms with Crippen molar-refractivity contribution in [2.24, 2.45) is 0 Å². The maximum Gasteiger partial charge on any atom is 0.328 e. The molecular weight excluding hydrogens is 211 g/mol. The van der Waals surface area contributed by atoms with Gasteiger partial charge in [-0.3, -0.25) is 0 Å². The van der Waals surface area contributed by atoms with E-state index in [-0.39, 0.29) is 5.75 Å². The molecule has 86 valence electrons. The van der Waals surface area contributed by atoms with Gasteiger partial charge in [0.15, 0.2) is 11.6 Å². The van der Waals surface area contributed by atoms with E-state index in [1.165, 1.54) is 19.3 Å². The van der Waals surface area contributed by atoms with Crippen LogP contribution in [0.25, 0.3) is 6.08 Å². The van der Waals surface area contributed by atoms with E-state index in [0.717, 1.165) is 11.6 Å². The third kappa shape index (κ3) is 2.82. The Hall–Kier alpha value is -1.84. The lowest BCUT2D eigenvalue weighted by Crippen LogP contribution is -1.95. The molecule has 0 aliphatic rings. The molecule has 1 aromatic carbocycles. The van der Waals surface area contributed by atoms with Crippen molar-refractivity contribution in [1.82, 2.24) is 0 Å². The highest BCUT2D eigenvalue weighted by atomic mass is 19.1. The average molecular weight is 224 g/mol. The van der Waals surface area contributed by atoms with Crippen molar-refractivity contribution in [3.05, 3.63) is 35.2 Å². The number of carboxylic acid groups (broad SMARTS) is 1. The second-order valence-corrected chi connectivity index (χ2v) is 3.21. The number of methoxy groups -OCH3 is 1. The largest absolute Gasteiger partial charge is 0.494 e. The van der Waals surface area contributed by atoms with Crippen LogP contribution in [0.5, 0.6) is 5.75 Å². The molecular formula is C12H13FO3. The minimum Gasteiger partial charge on any atom is -0.494 e. The van der Waals surface area contributed by atoms with Gasteiger partial charge >= 0.3 is 5.97 Å². The minimum atomic E-state index is -1.06. The summed E-state index contributed by atoms with van der Waals surface area (Å²) in [6.45, 7) is 1.91. The molecule has 3 nitrogen and oxygen atoms in total. The smallest absolute Gasteiger partial charge is 0.328 e. The first-order valence-corrected chi connectivity index (χ1v) is 4.86. The average Bonchev–Trinajstić information content (AvgIpc) is 2.26. The maximum atomic E-state index is 13.4. The molecule has 0 saturated heterocycles. The van der Waals surface area contributed by atoms with Gasteiger partial charge in [-0.25, -0.2) is 9.18 Å². The first-order valence-electron chi connectivity index (χ1n) is 4.86. The second-order valence-electron chi connectivity index (χ2n) is 3.21. The zero-order valence-electron chi connectivity index (χ0n) is 9.16. The summed E-state index contributed by atoms with van der Waals surface area (Å²) >= 11 is 0. The Bertz CT molecular complexity index is 425. The van der Waals surface area contributed by atoms with Crippen LogP contribution >= 0.6 is 0 Å². The number of aryl methyl sites for hydroxylation is 1. The number of rotatable bonds is 4. The topological polar surface area (TPSA) is 46.5 Å². The van der Waals surface area contributed by atoms with Gasteiger partial charge in [-0.05, 0) is 35.8 Å². The van der Waals surface area contributed by atoms with Crippen molar-refractivity contribution in [3.63, 3.8) is 0 Å². The summed E-state index contributed by atoms with van der Waals surface area (Å²) in [5, 5.41) is 8.50. The van der Waals surface area contributed by atoms with E-state index in [9.17, 15) is 9.18 Å². The number of ether oxygens (including phenoxy) is 1. The number of benzene rings is 1. The summed E-state index contributed by atoms with van der Waals surface area (Å²) in [5.41, 5.74) is 1.40. The zero-order chi connectivity index (χ0) is 12.1. The molecule has 0 unspecified atom stereocenters. The SMILES string of the molecule is CCc1cc(OC)c(F)cc1/C=C/C(=O)O. The second kappa shape index (κ2) is 5.30. The monoisotopic (exact) mass is 224 g/mol. The third-order valence-corrected chi connectivity index (χ3v) is 2.20. The third-order valence-electron chi connectivity index (χ3n) is 2.20. The molecule has 0 saturated carbocycles. The first kappa shape index (κ1) is 12.2. The van der Waals surface area contributed by atoms with Gasteiger partial charge in [0.1, 0.15) is 0 Å². The van der Waals surface area contributed by atoms with E-state index in [1.54, 1.807) is 6.07 Å². The molecule has 0 bridgehead atoms. The Morgan fingerprint density at radius 2 is 2.25 bits per heavy atom. The van der Waals surface area contributed by atoms with Gasteiger partial charge in [0.25, 0.3) is 0 Å². The summed E-state index contributed by atoms with van der Waals surface area (Å²) in [6, 6.07) is 2.86. The number of carboxylic acids is 1. The Morgan fingerprint density at radius 3 is 2.75 bits per heavy atom. The van der Waals surface area contributed by atoms with E-state index in [0.29, 0.717) is 12.0 Å². The number of aliphatic carboxylic acids is 1. The summed E-state index contributed by atoms with van der Waals surface area (Å²) in [5.74, 6) is -1.38.